The third-order valence-electron chi connectivity index (χ3n) is 4.15. The van der Waals surface area contributed by atoms with Crippen molar-refractivity contribution in [2.75, 3.05) is 12.3 Å². The first kappa shape index (κ1) is 16.2. The fraction of sp³-hybridized carbons (Fsp3) is 0.250. The van der Waals surface area contributed by atoms with Crippen LogP contribution in [-0.2, 0) is 6.42 Å². The molecule has 1 unspecified atom stereocenters. The number of nitrogens with zero attached hydrogens (tertiary/aromatic N) is 2. The Bertz CT molecular complexity index is 799. The molecule has 7 heteroatoms. The molecule has 3 rings (SSSR count). The van der Waals surface area contributed by atoms with Gasteiger partial charge in [-0.1, -0.05) is 17.7 Å². The van der Waals surface area contributed by atoms with E-state index in [9.17, 15) is 9.18 Å². The number of aromatic nitrogens is 1. The number of pyridine rings is 1. The third-order valence-corrected chi connectivity index (χ3v) is 5.45. The third kappa shape index (κ3) is 2.70. The van der Waals surface area contributed by atoms with Crippen LogP contribution in [0.1, 0.15) is 34.5 Å². The first-order chi connectivity index (χ1) is 10.9. The second-order valence-electron chi connectivity index (χ2n) is 5.41. The molecule has 2 heterocycles. The molecular formula is C16H14BrClFN3O. The van der Waals surface area contributed by atoms with Crippen molar-refractivity contribution in [3.8, 4) is 0 Å². The van der Waals surface area contributed by atoms with Crippen LogP contribution in [-0.4, -0.2) is 22.3 Å². The number of carbonyl (C=O) groups excluding carboxylic acids is 1. The van der Waals surface area contributed by atoms with Gasteiger partial charge in [0, 0.05) is 29.4 Å². The number of anilines is 1. The van der Waals surface area contributed by atoms with Crippen molar-refractivity contribution in [2.45, 2.75) is 19.4 Å². The molecule has 4 nitrogen and oxygen atoms in total. The molecule has 0 radical (unpaired) electrons. The van der Waals surface area contributed by atoms with Crippen molar-refractivity contribution in [2.24, 2.45) is 0 Å². The largest absolute Gasteiger partial charge is 0.383 e. The molecule has 0 saturated heterocycles. The van der Waals surface area contributed by atoms with Gasteiger partial charge in [-0.25, -0.2) is 9.37 Å². The summed E-state index contributed by atoms with van der Waals surface area (Å²) in [6.07, 6.45) is 2.03. The van der Waals surface area contributed by atoms with Gasteiger partial charge in [-0.05, 0) is 41.4 Å². The SMILES string of the molecule is CC(c1cccnc1N)N1CCc2c(cc(Cl)c(Br)c2F)C1=O. The van der Waals surface area contributed by atoms with Gasteiger partial charge in [-0.3, -0.25) is 4.79 Å². The predicted octanol–water partition coefficient (Wildman–Crippen LogP) is 3.98. The highest BCUT2D eigenvalue weighted by atomic mass is 79.9. The summed E-state index contributed by atoms with van der Waals surface area (Å²) in [5.74, 6) is -0.331. The maximum atomic E-state index is 14.3. The van der Waals surface area contributed by atoms with E-state index in [1.165, 1.54) is 6.07 Å². The topological polar surface area (TPSA) is 59.2 Å². The zero-order valence-corrected chi connectivity index (χ0v) is 14.7. The Morgan fingerprint density at radius 1 is 1.52 bits per heavy atom. The maximum Gasteiger partial charge on any atom is 0.254 e. The van der Waals surface area contributed by atoms with Crippen molar-refractivity contribution < 1.29 is 9.18 Å². The van der Waals surface area contributed by atoms with E-state index in [2.05, 4.69) is 20.9 Å². The minimum atomic E-state index is -0.464. The second-order valence-corrected chi connectivity index (χ2v) is 6.62. The van der Waals surface area contributed by atoms with Crippen LogP contribution in [0.2, 0.25) is 5.02 Å². The summed E-state index contributed by atoms with van der Waals surface area (Å²) in [4.78, 5) is 18.5. The Balaban J connectivity index is 2.00. The Hall–Kier alpha value is -1.66. The zero-order chi connectivity index (χ0) is 16.7. The Kier molecular flexibility index (Phi) is 4.29. The van der Waals surface area contributed by atoms with E-state index in [1.54, 1.807) is 17.2 Å². The number of benzene rings is 1. The normalized spacial score (nSPS) is 15.5. The van der Waals surface area contributed by atoms with Gasteiger partial charge in [-0.2, -0.15) is 0 Å². The number of nitrogens with two attached hydrogens (primary N) is 1. The Morgan fingerprint density at radius 3 is 2.96 bits per heavy atom. The maximum absolute atomic E-state index is 14.3. The van der Waals surface area contributed by atoms with Crippen LogP contribution in [0.15, 0.2) is 28.9 Å². The van der Waals surface area contributed by atoms with Crippen molar-refractivity contribution in [1.29, 1.82) is 0 Å². The number of rotatable bonds is 2. The molecule has 1 aromatic heterocycles. The van der Waals surface area contributed by atoms with Gasteiger partial charge in [0.1, 0.15) is 11.6 Å². The van der Waals surface area contributed by atoms with Crippen LogP contribution >= 0.6 is 27.5 Å². The standard InChI is InChI=1S/C16H14BrClFN3O/c1-8(9-3-2-5-21-15(9)20)22-6-4-10-11(16(22)23)7-12(18)13(17)14(10)19/h2-3,5,7-8H,4,6H2,1H3,(H2,20,21). The smallest absolute Gasteiger partial charge is 0.254 e. The van der Waals surface area contributed by atoms with Crippen LogP contribution in [0.3, 0.4) is 0 Å². The summed E-state index contributed by atoms with van der Waals surface area (Å²) < 4.78 is 14.5. The molecule has 1 aliphatic heterocycles. The summed E-state index contributed by atoms with van der Waals surface area (Å²) in [5, 5.41) is 0.185. The predicted molar refractivity (Wildman–Crippen MR) is 90.9 cm³/mol. The minimum absolute atomic E-state index is 0.185. The van der Waals surface area contributed by atoms with Crippen LogP contribution in [0.25, 0.3) is 0 Å². The molecule has 1 amide bonds. The summed E-state index contributed by atoms with van der Waals surface area (Å²) in [6, 6.07) is 4.87. The molecule has 2 N–H and O–H groups in total. The highest BCUT2D eigenvalue weighted by Crippen LogP contribution is 2.36. The van der Waals surface area contributed by atoms with Gasteiger partial charge in [0.2, 0.25) is 0 Å². The molecule has 1 aromatic carbocycles. The molecule has 120 valence electrons. The van der Waals surface area contributed by atoms with E-state index in [-0.39, 0.29) is 21.4 Å². The Labute approximate surface area is 146 Å². The number of carbonyl (C=O) groups is 1. The van der Waals surface area contributed by atoms with Crippen molar-refractivity contribution in [3.63, 3.8) is 0 Å². The molecule has 1 aliphatic rings. The fourth-order valence-corrected chi connectivity index (χ4v) is 3.42. The van der Waals surface area contributed by atoms with E-state index in [0.29, 0.717) is 29.9 Å². The minimum Gasteiger partial charge on any atom is -0.383 e. The number of hydrogen-bond donors (Lipinski definition) is 1. The van der Waals surface area contributed by atoms with E-state index >= 15 is 0 Å². The number of hydrogen-bond acceptors (Lipinski definition) is 3. The summed E-state index contributed by atoms with van der Waals surface area (Å²) in [7, 11) is 0. The number of fused-ring (bicyclic) bond motifs is 1. The first-order valence-electron chi connectivity index (χ1n) is 7.09. The molecular weight excluding hydrogens is 385 g/mol. The van der Waals surface area contributed by atoms with E-state index in [1.807, 2.05) is 13.0 Å². The molecule has 0 fully saturated rings. The first-order valence-corrected chi connectivity index (χ1v) is 8.26. The molecule has 0 saturated carbocycles. The van der Waals surface area contributed by atoms with E-state index in [0.717, 1.165) is 5.56 Å². The lowest BCUT2D eigenvalue weighted by atomic mass is 9.96. The molecule has 1 atom stereocenters. The second kappa shape index (κ2) is 6.09. The molecule has 2 aromatic rings. The lowest BCUT2D eigenvalue weighted by molar-refractivity contribution is 0.0671. The highest BCUT2D eigenvalue weighted by Gasteiger charge is 2.32. The summed E-state index contributed by atoms with van der Waals surface area (Å²) >= 11 is 9.11. The van der Waals surface area contributed by atoms with Crippen molar-refractivity contribution in [1.82, 2.24) is 9.88 Å². The van der Waals surface area contributed by atoms with E-state index in [4.69, 9.17) is 17.3 Å². The lowest BCUT2D eigenvalue weighted by Gasteiger charge is -2.34. The lowest BCUT2D eigenvalue weighted by Crippen LogP contribution is -2.40. The van der Waals surface area contributed by atoms with E-state index < -0.39 is 5.82 Å². The van der Waals surface area contributed by atoms with Gasteiger partial charge >= 0.3 is 0 Å². The van der Waals surface area contributed by atoms with Crippen LogP contribution in [0.5, 0.6) is 0 Å². The van der Waals surface area contributed by atoms with Gasteiger partial charge in [0.05, 0.1) is 15.5 Å². The van der Waals surface area contributed by atoms with Gasteiger partial charge in [0.25, 0.3) is 5.91 Å². The molecule has 0 spiro atoms. The number of halogens is 3. The van der Waals surface area contributed by atoms with Crippen molar-refractivity contribution in [3.05, 3.63) is 56.4 Å². The highest BCUT2D eigenvalue weighted by molar-refractivity contribution is 9.10. The number of amides is 1. The van der Waals surface area contributed by atoms with Crippen LogP contribution in [0.4, 0.5) is 10.2 Å². The van der Waals surface area contributed by atoms with Crippen LogP contribution in [0, 0.1) is 5.82 Å². The number of nitrogen functional groups attached to an aromatic ring is 1. The summed E-state index contributed by atoms with van der Waals surface area (Å²) in [6.45, 7) is 2.29. The molecule has 0 bridgehead atoms. The van der Waals surface area contributed by atoms with Gasteiger partial charge < -0.3 is 10.6 Å². The van der Waals surface area contributed by atoms with Crippen LogP contribution < -0.4 is 5.73 Å². The average molecular weight is 399 g/mol. The Morgan fingerprint density at radius 2 is 2.26 bits per heavy atom. The zero-order valence-electron chi connectivity index (χ0n) is 12.3. The molecule has 0 aliphatic carbocycles. The molecule has 23 heavy (non-hydrogen) atoms. The monoisotopic (exact) mass is 397 g/mol. The quantitative estimate of drug-likeness (QED) is 0.779. The fourth-order valence-electron chi connectivity index (χ4n) is 2.88. The van der Waals surface area contributed by atoms with Gasteiger partial charge in [0.15, 0.2) is 0 Å². The van der Waals surface area contributed by atoms with Crippen molar-refractivity contribution >= 4 is 39.3 Å². The van der Waals surface area contributed by atoms with Gasteiger partial charge in [-0.15, -0.1) is 0 Å². The average Bonchev–Trinajstić information content (AvgIpc) is 2.54. The summed E-state index contributed by atoms with van der Waals surface area (Å²) in [5.41, 5.74) is 7.37.